The maximum atomic E-state index is 13.0. The standard InChI is InChI=1S/C19H16N2O2/c22-18-19(23,15-10-11-20-12-15)16-8-4-5-9-17(16)21(18)13-14-6-2-1-3-7-14/h1-12,20,23H,13H2/t19-/m0/s1. The fourth-order valence-corrected chi connectivity index (χ4v) is 3.19. The summed E-state index contributed by atoms with van der Waals surface area (Å²) < 4.78 is 0. The van der Waals surface area contributed by atoms with Gasteiger partial charge in [-0.2, -0.15) is 0 Å². The van der Waals surface area contributed by atoms with Crippen LogP contribution in [0, 0.1) is 0 Å². The van der Waals surface area contributed by atoms with Crippen LogP contribution in [0.25, 0.3) is 0 Å². The van der Waals surface area contributed by atoms with E-state index in [4.69, 9.17) is 0 Å². The third-order valence-electron chi connectivity index (χ3n) is 4.34. The Morgan fingerprint density at radius 1 is 1.00 bits per heavy atom. The number of aromatic nitrogens is 1. The highest BCUT2D eigenvalue weighted by Gasteiger charge is 2.51. The van der Waals surface area contributed by atoms with Gasteiger partial charge in [0.1, 0.15) is 0 Å². The molecule has 1 aromatic heterocycles. The first-order valence-electron chi connectivity index (χ1n) is 7.52. The van der Waals surface area contributed by atoms with Gasteiger partial charge >= 0.3 is 0 Å². The van der Waals surface area contributed by atoms with Crippen molar-refractivity contribution in [2.75, 3.05) is 4.90 Å². The van der Waals surface area contributed by atoms with Crippen molar-refractivity contribution in [1.29, 1.82) is 0 Å². The average molecular weight is 304 g/mol. The van der Waals surface area contributed by atoms with Crippen LogP contribution in [0.15, 0.2) is 73.1 Å². The van der Waals surface area contributed by atoms with Gasteiger partial charge in [-0.25, -0.2) is 0 Å². The summed E-state index contributed by atoms with van der Waals surface area (Å²) in [6, 6.07) is 18.9. The van der Waals surface area contributed by atoms with E-state index in [0.717, 1.165) is 11.3 Å². The molecule has 3 aromatic rings. The first kappa shape index (κ1) is 13.8. The van der Waals surface area contributed by atoms with Gasteiger partial charge in [-0.15, -0.1) is 0 Å². The molecule has 0 bridgehead atoms. The molecule has 2 aromatic carbocycles. The molecule has 1 atom stereocenters. The van der Waals surface area contributed by atoms with Gasteiger partial charge in [0.15, 0.2) is 5.60 Å². The molecule has 114 valence electrons. The number of aromatic amines is 1. The fourth-order valence-electron chi connectivity index (χ4n) is 3.19. The lowest BCUT2D eigenvalue weighted by atomic mass is 9.89. The van der Waals surface area contributed by atoms with Crippen LogP contribution < -0.4 is 4.90 Å². The third kappa shape index (κ3) is 1.99. The molecule has 0 spiro atoms. The van der Waals surface area contributed by atoms with Gasteiger partial charge in [-0.05, 0) is 17.7 Å². The number of para-hydroxylation sites is 1. The third-order valence-corrected chi connectivity index (χ3v) is 4.34. The largest absolute Gasteiger partial charge is 0.372 e. The number of benzene rings is 2. The van der Waals surface area contributed by atoms with E-state index in [2.05, 4.69) is 4.98 Å². The second-order valence-electron chi connectivity index (χ2n) is 5.70. The summed E-state index contributed by atoms with van der Waals surface area (Å²) in [6.07, 6.45) is 3.38. The molecule has 0 fully saturated rings. The minimum atomic E-state index is -1.63. The van der Waals surface area contributed by atoms with E-state index in [-0.39, 0.29) is 5.91 Å². The van der Waals surface area contributed by atoms with E-state index in [9.17, 15) is 9.90 Å². The van der Waals surface area contributed by atoms with Gasteiger partial charge in [-0.1, -0.05) is 48.5 Å². The first-order valence-corrected chi connectivity index (χ1v) is 7.52. The number of hydrogen-bond donors (Lipinski definition) is 2. The number of H-pyrrole nitrogens is 1. The molecule has 2 N–H and O–H groups in total. The Balaban J connectivity index is 1.82. The Bertz CT molecular complexity index is 843. The molecule has 4 rings (SSSR count). The Hall–Kier alpha value is -2.85. The monoisotopic (exact) mass is 304 g/mol. The molecule has 1 aliphatic rings. The van der Waals surface area contributed by atoms with Crippen molar-refractivity contribution < 1.29 is 9.90 Å². The molecule has 1 amide bonds. The second kappa shape index (κ2) is 5.11. The zero-order valence-corrected chi connectivity index (χ0v) is 12.4. The number of carbonyl (C=O) groups is 1. The number of anilines is 1. The van der Waals surface area contributed by atoms with Gasteiger partial charge < -0.3 is 15.0 Å². The smallest absolute Gasteiger partial charge is 0.268 e. The van der Waals surface area contributed by atoms with Crippen molar-refractivity contribution in [3.63, 3.8) is 0 Å². The van der Waals surface area contributed by atoms with Gasteiger partial charge in [0.05, 0.1) is 12.2 Å². The van der Waals surface area contributed by atoms with Crippen molar-refractivity contribution in [3.8, 4) is 0 Å². The van der Waals surface area contributed by atoms with Crippen LogP contribution in [0.1, 0.15) is 16.7 Å². The zero-order chi connectivity index (χ0) is 15.9. The number of fused-ring (bicyclic) bond motifs is 1. The summed E-state index contributed by atoms with van der Waals surface area (Å²) >= 11 is 0. The van der Waals surface area contributed by atoms with E-state index < -0.39 is 5.60 Å². The molecular weight excluding hydrogens is 288 g/mol. The Morgan fingerprint density at radius 3 is 2.48 bits per heavy atom. The number of aliphatic hydroxyl groups is 1. The van der Waals surface area contributed by atoms with E-state index in [1.807, 2.05) is 54.6 Å². The van der Waals surface area contributed by atoms with Crippen molar-refractivity contribution in [3.05, 3.63) is 89.7 Å². The molecule has 0 aliphatic carbocycles. The average Bonchev–Trinajstić information content (AvgIpc) is 3.20. The minimum absolute atomic E-state index is 0.317. The van der Waals surface area contributed by atoms with E-state index in [0.29, 0.717) is 17.7 Å². The van der Waals surface area contributed by atoms with Crippen LogP contribution in [0.3, 0.4) is 0 Å². The number of nitrogens with one attached hydrogen (secondary N) is 1. The molecule has 23 heavy (non-hydrogen) atoms. The lowest BCUT2D eigenvalue weighted by Crippen LogP contribution is -2.40. The molecular formula is C19H16N2O2. The van der Waals surface area contributed by atoms with E-state index >= 15 is 0 Å². The first-order chi connectivity index (χ1) is 11.2. The van der Waals surface area contributed by atoms with Crippen LogP contribution in [0.4, 0.5) is 5.69 Å². The quantitative estimate of drug-likeness (QED) is 0.782. The van der Waals surface area contributed by atoms with Crippen LogP contribution in [-0.4, -0.2) is 16.0 Å². The highest BCUT2D eigenvalue weighted by Crippen LogP contribution is 2.44. The van der Waals surface area contributed by atoms with E-state index in [1.54, 1.807) is 23.4 Å². The number of nitrogens with zero attached hydrogens (tertiary/aromatic N) is 1. The summed E-state index contributed by atoms with van der Waals surface area (Å²) in [6.45, 7) is 0.434. The van der Waals surface area contributed by atoms with Crippen molar-refractivity contribution in [2.24, 2.45) is 0 Å². The molecule has 0 saturated carbocycles. The second-order valence-corrected chi connectivity index (χ2v) is 5.70. The van der Waals surface area contributed by atoms with Crippen molar-refractivity contribution in [2.45, 2.75) is 12.1 Å². The maximum absolute atomic E-state index is 13.0. The summed E-state index contributed by atoms with van der Waals surface area (Å²) in [5.74, 6) is -0.317. The van der Waals surface area contributed by atoms with Gasteiger partial charge in [-0.3, -0.25) is 4.79 Å². The van der Waals surface area contributed by atoms with Crippen LogP contribution in [0.2, 0.25) is 0 Å². The van der Waals surface area contributed by atoms with Crippen LogP contribution >= 0.6 is 0 Å². The number of hydrogen-bond acceptors (Lipinski definition) is 2. The maximum Gasteiger partial charge on any atom is 0.268 e. The highest BCUT2D eigenvalue weighted by atomic mass is 16.3. The summed E-state index contributed by atoms with van der Waals surface area (Å²) in [5.41, 5.74) is 1.33. The minimum Gasteiger partial charge on any atom is -0.372 e. The summed E-state index contributed by atoms with van der Waals surface area (Å²) in [5, 5.41) is 11.2. The summed E-state index contributed by atoms with van der Waals surface area (Å²) in [4.78, 5) is 17.6. The van der Waals surface area contributed by atoms with E-state index in [1.165, 1.54) is 0 Å². The zero-order valence-electron chi connectivity index (χ0n) is 12.4. The predicted octanol–water partition coefficient (Wildman–Crippen LogP) is 2.80. The molecule has 4 heteroatoms. The highest BCUT2D eigenvalue weighted by molar-refractivity contribution is 6.08. The number of amides is 1. The molecule has 4 nitrogen and oxygen atoms in total. The summed E-state index contributed by atoms with van der Waals surface area (Å²) in [7, 11) is 0. The Labute approximate surface area is 134 Å². The topological polar surface area (TPSA) is 56.3 Å². The molecule has 0 radical (unpaired) electrons. The fraction of sp³-hybridized carbons (Fsp3) is 0.105. The van der Waals surface area contributed by atoms with Gasteiger partial charge in [0.2, 0.25) is 0 Å². The number of carbonyl (C=O) groups excluding carboxylic acids is 1. The normalized spacial score (nSPS) is 19.9. The van der Waals surface area contributed by atoms with Crippen LogP contribution in [-0.2, 0) is 16.9 Å². The molecule has 0 unspecified atom stereocenters. The van der Waals surface area contributed by atoms with Crippen molar-refractivity contribution >= 4 is 11.6 Å². The van der Waals surface area contributed by atoms with Crippen LogP contribution in [0.5, 0.6) is 0 Å². The molecule has 1 aliphatic heterocycles. The Kier molecular flexibility index (Phi) is 3.06. The SMILES string of the molecule is O=C1N(Cc2ccccc2)c2ccccc2[C@@]1(O)c1cc[nH]c1. The Morgan fingerprint density at radius 2 is 1.74 bits per heavy atom. The predicted molar refractivity (Wildman–Crippen MR) is 87.9 cm³/mol. The van der Waals surface area contributed by atoms with Gasteiger partial charge in [0.25, 0.3) is 5.91 Å². The lowest BCUT2D eigenvalue weighted by molar-refractivity contribution is -0.132. The molecule has 0 saturated heterocycles. The molecule has 2 heterocycles. The van der Waals surface area contributed by atoms with Crippen molar-refractivity contribution in [1.82, 2.24) is 4.98 Å². The van der Waals surface area contributed by atoms with Gasteiger partial charge in [0, 0.05) is 23.5 Å². The number of rotatable bonds is 3. The lowest BCUT2D eigenvalue weighted by Gasteiger charge is -2.22.